The van der Waals surface area contributed by atoms with Crippen LogP contribution in [0.25, 0.3) is 0 Å². The van der Waals surface area contributed by atoms with Crippen molar-refractivity contribution in [1.29, 1.82) is 0 Å². The van der Waals surface area contributed by atoms with Crippen LogP contribution in [0.5, 0.6) is 5.75 Å². The van der Waals surface area contributed by atoms with Gasteiger partial charge in [-0.1, -0.05) is 12.1 Å². The second kappa shape index (κ2) is 6.53. The summed E-state index contributed by atoms with van der Waals surface area (Å²) in [5.74, 6) is 0.518. The fourth-order valence-corrected chi connectivity index (χ4v) is 4.23. The number of pyridine rings is 1. The highest BCUT2D eigenvalue weighted by molar-refractivity contribution is 5.97. The summed E-state index contributed by atoms with van der Waals surface area (Å²) in [6.45, 7) is 1.38. The van der Waals surface area contributed by atoms with E-state index in [2.05, 4.69) is 0 Å². The number of nitrogens with zero attached hydrogens (tertiary/aromatic N) is 3. The van der Waals surface area contributed by atoms with Crippen LogP contribution in [0.15, 0.2) is 41.2 Å². The second-order valence-corrected chi connectivity index (χ2v) is 7.03. The van der Waals surface area contributed by atoms with E-state index in [1.54, 1.807) is 29.2 Å². The lowest BCUT2D eigenvalue weighted by Crippen LogP contribution is -2.49. The van der Waals surface area contributed by atoms with Crippen molar-refractivity contribution in [1.82, 2.24) is 9.47 Å². The topological polar surface area (TPSA) is 94.7 Å². The average Bonchev–Trinajstić information content (AvgIpc) is 2.67. The number of rotatable bonds is 3. The number of piperidine rings is 1. The number of benzene rings is 1. The molecule has 3 heterocycles. The molecule has 1 amide bonds. The first-order chi connectivity index (χ1) is 13.0. The molecule has 4 rings (SSSR count). The van der Waals surface area contributed by atoms with Crippen LogP contribution < -0.4 is 10.3 Å². The Morgan fingerprint density at radius 1 is 1.19 bits per heavy atom. The van der Waals surface area contributed by atoms with Gasteiger partial charge in [-0.3, -0.25) is 19.7 Å². The summed E-state index contributed by atoms with van der Waals surface area (Å²) in [6.07, 6.45) is 0.868. The van der Waals surface area contributed by atoms with Crippen LogP contribution in [0.3, 0.4) is 0 Å². The van der Waals surface area contributed by atoms with Crippen LogP contribution in [-0.4, -0.2) is 40.5 Å². The number of carbonyl (C=O) groups is 1. The summed E-state index contributed by atoms with van der Waals surface area (Å²) in [5.41, 5.74) is 0.317. The average molecular weight is 369 g/mol. The minimum absolute atomic E-state index is 0.00957. The van der Waals surface area contributed by atoms with Crippen molar-refractivity contribution >= 4 is 11.6 Å². The first-order valence-electron chi connectivity index (χ1n) is 8.80. The molecule has 2 atom stereocenters. The van der Waals surface area contributed by atoms with E-state index in [0.717, 1.165) is 12.1 Å². The van der Waals surface area contributed by atoms with Crippen LogP contribution >= 0.6 is 0 Å². The molecule has 0 radical (unpaired) electrons. The van der Waals surface area contributed by atoms with Crippen molar-refractivity contribution in [2.45, 2.75) is 18.9 Å². The Balaban J connectivity index is 1.65. The maximum atomic E-state index is 13.0. The number of amides is 1. The number of ether oxygens (including phenoxy) is 1. The third kappa shape index (κ3) is 2.87. The van der Waals surface area contributed by atoms with E-state index < -0.39 is 16.2 Å². The highest BCUT2D eigenvalue weighted by Crippen LogP contribution is 2.36. The number of para-hydroxylation sites is 1. The predicted molar refractivity (Wildman–Crippen MR) is 97.1 cm³/mol. The van der Waals surface area contributed by atoms with Gasteiger partial charge in [-0.2, -0.15) is 0 Å². The molecule has 0 spiro atoms. The number of methoxy groups -OCH3 is 1. The second-order valence-electron chi connectivity index (χ2n) is 7.03. The lowest BCUT2D eigenvalue weighted by molar-refractivity contribution is -0.386. The van der Waals surface area contributed by atoms with E-state index >= 15 is 0 Å². The van der Waals surface area contributed by atoms with E-state index in [4.69, 9.17) is 4.74 Å². The van der Waals surface area contributed by atoms with Gasteiger partial charge >= 0.3 is 11.2 Å². The molecule has 2 aliphatic rings. The molecule has 8 heteroatoms. The van der Waals surface area contributed by atoms with E-state index in [0.29, 0.717) is 30.9 Å². The molecule has 0 N–H and O–H groups in total. The molecule has 8 nitrogen and oxygen atoms in total. The number of likely N-dealkylation sites (tertiary alicyclic amines) is 1. The van der Waals surface area contributed by atoms with Crippen molar-refractivity contribution in [2.24, 2.45) is 5.92 Å². The zero-order valence-corrected chi connectivity index (χ0v) is 14.8. The van der Waals surface area contributed by atoms with Crippen LogP contribution in [0, 0.1) is 16.0 Å². The van der Waals surface area contributed by atoms with Crippen LogP contribution in [0.2, 0.25) is 0 Å². The number of hydrogen-bond acceptors (Lipinski definition) is 5. The molecule has 140 valence electrons. The van der Waals surface area contributed by atoms with Gasteiger partial charge in [0, 0.05) is 37.3 Å². The summed E-state index contributed by atoms with van der Waals surface area (Å²) in [5, 5.41) is 11.0. The SMILES string of the molecule is COc1ccccc1C(=O)N1CC2CC(C1)c1ccc([N+](=O)[O-])c(=O)n1C2. The van der Waals surface area contributed by atoms with Crippen molar-refractivity contribution in [2.75, 3.05) is 20.2 Å². The molecule has 1 fully saturated rings. The van der Waals surface area contributed by atoms with Gasteiger partial charge < -0.3 is 14.2 Å². The monoisotopic (exact) mass is 369 g/mol. The third-order valence-electron chi connectivity index (χ3n) is 5.41. The molecular formula is C19H19N3O5. The standard InChI is InChI=1S/C19H19N3O5/c1-27-17-5-3-2-4-14(17)18(23)20-9-12-8-13(11-20)15-6-7-16(22(25)26)19(24)21(15)10-12/h2-7,12-13H,8-11H2,1H3. The van der Waals surface area contributed by atoms with E-state index in [1.807, 2.05) is 6.07 Å². The van der Waals surface area contributed by atoms with Crippen LogP contribution in [-0.2, 0) is 6.54 Å². The van der Waals surface area contributed by atoms with E-state index in [1.165, 1.54) is 17.7 Å². The Morgan fingerprint density at radius 3 is 2.70 bits per heavy atom. The van der Waals surface area contributed by atoms with Gasteiger partial charge in [-0.05, 0) is 30.5 Å². The summed E-state index contributed by atoms with van der Waals surface area (Å²) in [7, 11) is 1.53. The Labute approximate surface area is 155 Å². The molecule has 2 aromatic rings. The van der Waals surface area contributed by atoms with E-state index in [-0.39, 0.29) is 17.7 Å². The smallest absolute Gasteiger partial charge is 0.334 e. The molecule has 1 aromatic heterocycles. The normalized spacial score (nSPS) is 20.7. The summed E-state index contributed by atoms with van der Waals surface area (Å²) < 4.78 is 6.82. The fraction of sp³-hybridized carbons (Fsp3) is 0.368. The predicted octanol–water partition coefficient (Wildman–Crippen LogP) is 2.02. The first-order valence-corrected chi connectivity index (χ1v) is 8.80. The van der Waals surface area contributed by atoms with Gasteiger partial charge in [-0.15, -0.1) is 0 Å². The minimum atomic E-state index is -0.641. The fourth-order valence-electron chi connectivity index (χ4n) is 4.23. The first kappa shape index (κ1) is 17.3. The molecule has 0 saturated carbocycles. The number of hydrogen-bond donors (Lipinski definition) is 0. The molecule has 0 aliphatic carbocycles. The summed E-state index contributed by atoms with van der Waals surface area (Å²) >= 11 is 0. The molecule has 27 heavy (non-hydrogen) atoms. The van der Waals surface area contributed by atoms with Crippen LogP contribution in [0.4, 0.5) is 5.69 Å². The van der Waals surface area contributed by atoms with Crippen LogP contribution in [0.1, 0.15) is 28.4 Å². The van der Waals surface area contributed by atoms with Crippen molar-refractivity contribution < 1.29 is 14.5 Å². The van der Waals surface area contributed by atoms with Gasteiger partial charge in [0.1, 0.15) is 5.75 Å². The lowest BCUT2D eigenvalue weighted by atomic mass is 9.83. The number of fused-ring (bicyclic) bond motifs is 4. The van der Waals surface area contributed by atoms with Gasteiger partial charge in [0.2, 0.25) is 0 Å². The zero-order valence-electron chi connectivity index (χ0n) is 14.8. The summed E-state index contributed by atoms with van der Waals surface area (Å²) in [6, 6.07) is 10.0. The Morgan fingerprint density at radius 2 is 1.96 bits per heavy atom. The highest BCUT2D eigenvalue weighted by atomic mass is 16.6. The lowest BCUT2D eigenvalue weighted by Gasteiger charge is -2.42. The van der Waals surface area contributed by atoms with E-state index in [9.17, 15) is 19.7 Å². The van der Waals surface area contributed by atoms with Crippen molar-refractivity contribution in [3.8, 4) is 5.75 Å². The van der Waals surface area contributed by atoms with Gasteiger partial charge in [0.05, 0.1) is 17.6 Å². The number of aromatic nitrogens is 1. The maximum absolute atomic E-state index is 13.0. The highest BCUT2D eigenvalue weighted by Gasteiger charge is 2.38. The molecule has 2 bridgehead atoms. The van der Waals surface area contributed by atoms with Crippen molar-refractivity contribution in [3.63, 3.8) is 0 Å². The molecule has 2 aliphatic heterocycles. The largest absolute Gasteiger partial charge is 0.496 e. The quantitative estimate of drug-likeness (QED) is 0.609. The number of nitro groups is 1. The molecule has 1 aromatic carbocycles. The Kier molecular flexibility index (Phi) is 4.18. The van der Waals surface area contributed by atoms with Gasteiger partial charge in [0.25, 0.3) is 5.91 Å². The Bertz CT molecular complexity index is 984. The minimum Gasteiger partial charge on any atom is -0.496 e. The molecule has 2 unspecified atom stereocenters. The maximum Gasteiger partial charge on any atom is 0.334 e. The number of carbonyl (C=O) groups excluding carboxylic acids is 1. The van der Waals surface area contributed by atoms with Gasteiger partial charge in [0.15, 0.2) is 0 Å². The van der Waals surface area contributed by atoms with Gasteiger partial charge in [-0.25, -0.2) is 0 Å². The zero-order chi connectivity index (χ0) is 19.1. The summed E-state index contributed by atoms with van der Waals surface area (Å²) in [4.78, 5) is 37.6. The van der Waals surface area contributed by atoms with Crippen molar-refractivity contribution in [3.05, 3.63) is 68.1 Å². The Hall–Kier alpha value is -3.16. The molecule has 1 saturated heterocycles. The molecular weight excluding hydrogens is 350 g/mol. The third-order valence-corrected chi connectivity index (χ3v) is 5.41.